The van der Waals surface area contributed by atoms with Crippen LogP contribution in [0.4, 0.5) is 11.5 Å². The summed E-state index contributed by atoms with van der Waals surface area (Å²) in [5.41, 5.74) is 8.55. The third kappa shape index (κ3) is 2.09. The fraction of sp³-hybridized carbons (Fsp3) is 0.136. The monoisotopic (exact) mass is 416 g/mol. The highest BCUT2D eigenvalue weighted by Crippen LogP contribution is 2.55. The number of aryl methyl sites for hydroxylation is 1. The van der Waals surface area contributed by atoms with Crippen LogP contribution in [0.25, 0.3) is 5.69 Å². The topological polar surface area (TPSA) is 100.0 Å². The van der Waals surface area contributed by atoms with Gasteiger partial charge in [-0.05, 0) is 31.2 Å². The molecule has 0 fully saturated rings. The van der Waals surface area contributed by atoms with Crippen LogP contribution < -0.4 is 16.0 Å². The van der Waals surface area contributed by atoms with Gasteiger partial charge in [-0.1, -0.05) is 35.9 Å². The van der Waals surface area contributed by atoms with Crippen molar-refractivity contribution in [3.05, 3.63) is 81.8 Å². The number of amides is 1. The number of aromatic nitrogens is 2. The fourth-order valence-corrected chi connectivity index (χ4v) is 4.77. The van der Waals surface area contributed by atoms with E-state index in [9.17, 15) is 10.1 Å². The summed E-state index contributed by atoms with van der Waals surface area (Å²) in [7, 11) is 1.71. The normalized spacial score (nSPS) is 19.5. The molecule has 1 unspecified atom stereocenters. The maximum Gasteiger partial charge on any atom is 0.247 e. The molecule has 1 amide bonds. The van der Waals surface area contributed by atoms with Crippen molar-refractivity contribution in [2.75, 3.05) is 17.3 Å². The van der Waals surface area contributed by atoms with Crippen molar-refractivity contribution in [1.82, 2.24) is 9.78 Å². The number of carbonyl (C=O) groups is 1. The quantitative estimate of drug-likeness (QED) is 0.634. The molecule has 7 nitrogen and oxygen atoms in total. The molecule has 2 aliphatic rings. The van der Waals surface area contributed by atoms with Gasteiger partial charge in [-0.2, -0.15) is 10.4 Å². The molecule has 3 heterocycles. The Morgan fingerprint density at radius 3 is 2.73 bits per heavy atom. The van der Waals surface area contributed by atoms with E-state index in [-0.39, 0.29) is 17.3 Å². The van der Waals surface area contributed by atoms with Gasteiger partial charge in [-0.25, -0.2) is 4.68 Å². The molecule has 1 aromatic heterocycles. The first-order valence-electron chi connectivity index (χ1n) is 9.32. The van der Waals surface area contributed by atoms with Crippen LogP contribution in [0.3, 0.4) is 0 Å². The molecule has 0 saturated carbocycles. The Morgan fingerprint density at radius 2 is 2.00 bits per heavy atom. The van der Waals surface area contributed by atoms with Gasteiger partial charge in [-0.3, -0.25) is 4.79 Å². The molecule has 3 aromatic rings. The van der Waals surface area contributed by atoms with Crippen molar-refractivity contribution in [2.24, 2.45) is 5.73 Å². The van der Waals surface area contributed by atoms with Gasteiger partial charge in [0.15, 0.2) is 0 Å². The molecule has 0 bridgehead atoms. The molecular weight excluding hydrogens is 400 g/mol. The minimum absolute atomic E-state index is 0.131. The summed E-state index contributed by atoms with van der Waals surface area (Å²) in [5, 5.41) is 18.4. The number of halogens is 1. The Bertz CT molecular complexity index is 1320. The van der Waals surface area contributed by atoms with Gasteiger partial charge in [-0.15, -0.1) is 0 Å². The summed E-state index contributed by atoms with van der Waals surface area (Å²) in [5.74, 6) is 0.441. The number of rotatable bonds is 1. The number of hydrogen-bond donors (Lipinski definition) is 2. The van der Waals surface area contributed by atoms with E-state index in [1.807, 2.05) is 43.3 Å². The Labute approximate surface area is 178 Å². The molecule has 2 aliphatic heterocycles. The minimum Gasteiger partial charge on any atom is -0.384 e. The number of anilines is 2. The van der Waals surface area contributed by atoms with Crippen LogP contribution in [0.5, 0.6) is 0 Å². The molecule has 1 atom stereocenters. The summed E-state index contributed by atoms with van der Waals surface area (Å²) in [6.07, 6.45) is 0. The van der Waals surface area contributed by atoms with Crippen LogP contribution in [-0.2, 0) is 10.2 Å². The smallest absolute Gasteiger partial charge is 0.247 e. The summed E-state index contributed by atoms with van der Waals surface area (Å²) >= 11 is 6.19. The molecule has 148 valence electrons. The van der Waals surface area contributed by atoms with Gasteiger partial charge in [0.1, 0.15) is 23.1 Å². The van der Waals surface area contributed by atoms with Crippen LogP contribution in [-0.4, -0.2) is 22.7 Å². The van der Waals surface area contributed by atoms with Crippen LogP contribution in [0.15, 0.2) is 59.9 Å². The van der Waals surface area contributed by atoms with E-state index in [0.717, 1.165) is 11.4 Å². The number of hydrogen-bond acceptors (Lipinski definition) is 5. The molecule has 0 radical (unpaired) electrons. The molecule has 2 aromatic carbocycles. The lowest BCUT2D eigenvalue weighted by Crippen LogP contribution is -2.45. The highest BCUT2D eigenvalue weighted by atomic mass is 35.5. The van der Waals surface area contributed by atoms with E-state index in [0.29, 0.717) is 27.7 Å². The minimum atomic E-state index is -1.36. The van der Waals surface area contributed by atoms with Gasteiger partial charge in [0.2, 0.25) is 5.91 Å². The Balaban J connectivity index is 1.90. The SMILES string of the molecule is Cc1nn(-c2cccc(Cl)c2)c2c1C1(C(=O)N(C)c3ccccc31)C(C#N)=C(N)N2. The van der Waals surface area contributed by atoms with Gasteiger partial charge in [0.25, 0.3) is 0 Å². The second-order valence-electron chi connectivity index (χ2n) is 7.36. The largest absolute Gasteiger partial charge is 0.384 e. The number of nitrogens with zero attached hydrogens (tertiary/aromatic N) is 4. The third-order valence-electron chi connectivity index (χ3n) is 5.79. The van der Waals surface area contributed by atoms with Gasteiger partial charge >= 0.3 is 0 Å². The lowest BCUT2D eigenvalue weighted by Gasteiger charge is -2.34. The van der Waals surface area contributed by atoms with Crippen LogP contribution >= 0.6 is 11.6 Å². The fourth-order valence-electron chi connectivity index (χ4n) is 4.59. The molecule has 0 saturated heterocycles. The predicted molar refractivity (Wildman–Crippen MR) is 114 cm³/mol. The summed E-state index contributed by atoms with van der Waals surface area (Å²) in [4.78, 5) is 15.3. The molecule has 3 N–H and O–H groups in total. The zero-order valence-electron chi connectivity index (χ0n) is 16.3. The van der Waals surface area contributed by atoms with Gasteiger partial charge in [0, 0.05) is 28.9 Å². The van der Waals surface area contributed by atoms with E-state index in [2.05, 4.69) is 11.4 Å². The van der Waals surface area contributed by atoms with E-state index in [1.165, 1.54) is 0 Å². The summed E-state index contributed by atoms with van der Waals surface area (Å²) in [6.45, 7) is 1.83. The second kappa shape index (κ2) is 6.12. The summed E-state index contributed by atoms with van der Waals surface area (Å²) < 4.78 is 1.67. The zero-order chi connectivity index (χ0) is 21.2. The van der Waals surface area contributed by atoms with E-state index in [1.54, 1.807) is 28.8 Å². The number of nitrogens with one attached hydrogen (secondary N) is 1. The van der Waals surface area contributed by atoms with Crippen molar-refractivity contribution in [1.29, 1.82) is 5.26 Å². The van der Waals surface area contributed by atoms with Crippen LogP contribution in [0.2, 0.25) is 5.02 Å². The first kappa shape index (κ1) is 18.3. The standard InChI is InChI=1S/C22H17ClN6O/c1-12-18-20(29(27-12)14-7-5-6-13(23)10-14)26-19(25)16(11-24)22(18)15-8-3-4-9-17(15)28(2)21(22)30/h3-10,26H,25H2,1-2H3. The zero-order valence-corrected chi connectivity index (χ0v) is 17.0. The Kier molecular flexibility index (Phi) is 3.73. The maximum absolute atomic E-state index is 13.8. The van der Waals surface area contributed by atoms with Gasteiger partial charge in [0.05, 0.1) is 17.0 Å². The van der Waals surface area contributed by atoms with Crippen molar-refractivity contribution >= 4 is 29.0 Å². The van der Waals surface area contributed by atoms with Crippen LogP contribution in [0.1, 0.15) is 16.8 Å². The van der Waals surface area contributed by atoms with E-state index in [4.69, 9.17) is 22.4 Å². The van der Waals surface area contributed by atoms with Crippen molar-refractivity contribution in [3.63, 3.8) is 0 Å². The highest BCUT2D eigenvalue weighted by Gasteiger charge is 2.59. The maximum atomic E-state index is 13.8. The number of nitriles is 1. The van der Waals surface area contributed by atoms with Crippen molar-refractivity contribution in [2.45, 2.75) is 12.3 Å². The van der Waals surface area contributed by atoms with Gasteiger partial charge < -0.3 is 16.0 Å². The first-order chi connectivity index (χ1) is 14.4. The molecule has 5 rings (SSSR count). The molecule has 8 heteroatoms. The number of carbonyl (C=O) groups excluding carboxylic acids is 1. The third-order valence-corrected chi connectivity index (χ3v) is 6.03. The molecule has 1 spiro atoms. The highest BCUT2D eigenvalue weighted by molar-refractivity contribution is 6.30. The Hall–Kier alpha value is -3.76. The van der Waals surface area contributed by atoms with Crippen LogP contribution in [0, 0.1) is 18.3 Å². The average Bonchev–Trinajstić information content (AvgIpc) is 3.17. The number of fused-ring (bicyclic) bond motifs is 4. The van der Waals surface area contributed by atoms with Crippen molar-refractivity contribution < 1.29 is 4.79 Å². The molecule has 30 heavy (non-hydrogen) atoms. The number of likely N-dealkylation sites (N-methyl/N-ethyl adjacent to an activating group) is 1. The van der Waals surface area contributed by atoms with E-state index < -0.39 is 5.41 Å². The number of nitrogens with two attached hydrogens (primary N) is 1. The molecule has 0 aliphatic carbocycles. The summed E-state index contributed by atoms with van der Waals surface area (Å²) in [6, 6.07) is 16.9. The lowest BCUT2D eigenvalue weighted by molar-refractivity contribution is -0.120. The average molecular weight is 417 g/mol. The number of benzene rings is 2. The number of para-hydroxylation sites is 1. The Morgan fingerprint density at radius 1 is 1.23 bits per heavy atom. The lowest BCUT2D eigenvalue weighted by atomic mass is 9.68. The second-order valence-corrected chi connectivity index (χ2v) is 7.79. The first-order valence-corrected chi connectivity index (χ1v) is 9.70. The predicted octanol–water partition coefficient (Wildman–Crippen LogP) is 3.22. The molecular formula is C22H17ClN6O. The van der Waals surface area contributed by atoms with E-state index >= 15 is 0 Å². The van der Waals surface area contributed by atoms with Crippen molar-refractivity contribution in [3.8, 4) is 11.8 Å².